The fourth-order valence-corrected chi connectivity index (χ4v) is 2.31. The van der Waals surface area contributed by atoms with Gasteiger partial charge in [-0.25, -0.2) is 4.79 Å². The Balaban J connectivity index is 2.11. The summed E-state index contributed by atoms with van der Waals surface area (Å²) in [5, 5.41) is 12.0. The standard InChI is InChI=1S/C9H11NO3S/c11-9(12)8-2-1-7(14-8)6-5-13-4-3-10-6/h1-2,6,10H,3-5H2,(H,11,12). The number of morpholine rings is 1. The van der Waals surface area contributed by atoms with E-state index in [-0.39, 0.29) is 6.04 Å². The second-order valence-electron chi connectivity index (χ2n) is 3.09. The van der Waals surface area contributed by atoms with Crippen molar-refractivity contribution >= 4 is 17.3 Å². The predicted octanol–water partition coefficient (Wildman–Crippen LogP) is 1.11. The van der Waals surface area contributed by atoms with Crippen molar-refractivity contribution in [3.63, 3.8) is 0 Å². The van der Waals surface area contributed by atoms with Gasteiger partial charge in [-0.3, -0.25) is 0 Å². The van der Waals surface area contributed by atoms with Gasteiger partial charge in [0.2, 0.25) is 0 Å². The molecule has 0 amide bonds. The average molecular weight is 213 g/mol. The highest BCUT2D eigenvalue weighted by atomic mass is 32.1. The summed E-state index contributed by atoms with van der Waals surface area (Å²) < 4.78 is 5.30. The summed E-state index contributed by atoms with van der Waals surface area (Å²) >= 11 is 1.31. The van der Waals surface area contributed by atoms with Crippen molar-refractivity contribution in [3.05, 3.63) is 21.9 Å². The molecule has 1 aromatic heterocycles. The average Bonchev–Trinajstić information content (AvgIpc) is 2.68. The van der Waals surface area contributed by atoms with Crippen LogP contribution >= 0.6 is 11.3 Å². The second kappa shape index (κ2) is 4.08. The van der Waals surface area contributed by atoms with Crippen molar-refractivity contribution in [3.8, 4) is 0 Å². The minimum Gasteiger partial charge on any atom is -0.477 e. The van der Waals surface area contributed by atoms with Crippen LogP contribution in [-0.4, -0.2) is 30.8 Å². The highest BCUT2D eigenvalue weighted by molar-refractivity contribution is 7.14. The number of rotatable bonds is 2. The quantitative estimate of drug-likeness (QED) is 0.772. The van der Waals surface area contributed by atoms with Crippen LogP contribution in [0, 0.1) is 0 Å². The van der Waals surface area contributed by atoms with Crippen molar-refractivity contribution in [2.24, 2.45) is 0 Å². The lowest BCUT2D eigenvalue weighted by Gasteiger charge is -2.22. The molecule has 76 valence electrons. The molecule has 1 aromatic rings. The fourth-order valence-electron chi connectivity index (χ4n) is 1.40. The zero-order valence-corrected chi connectivity index (χ0v) is 8.34. The fraction of sp³-hybridized carbons (Fsp3) is 0.444. The smallest absolute Gasteiger partial charge is 0.345 e. The number of aromatic carboxylic acids is 1. The van der Waals surface area contributed by atoms with E-state index in [0.29, 0.717) is 11.5 Å². The molecular formula is C9H11NO3S. The van der Waals surface area contributed by atoms with Crippen molar-refractivity contribution < 1.29 is 14.6 Å². The Labute approximate surface area is 85.5 Å². The first-order chi connectivity index (χ1) is 6.77. The van der Waals surface area contributed by atoms with E-state index in [1.807, 2.05) is 6.07 Å². The molecule has 1 aliphatic rings. The summed E-state index contributed by atoms with van der Waals surface area (Å²) in [4.78, 5) is 12.1. The number of carboxylic acids is 1. The molecule has 1 atom stereocenters. The van der Waals surface area contributed by atoms with E-state index in [0.717, 1.165) is 18.0 Å². The van der Waals surface area contributed by atoms with Crippen LogP contribution in [-0.2, 0) is 4.74 Å². The van der Waals surface area contributed by atoms with Crippen LogP contribution < -0.4 is 5.32 Å². The van der Waals surface area contributed by atoms with Crippen LogP contribution in [0.15, 0.2) is 12.1 Å². The maximum atomic E-state index is 10.7. The first-order valence-corrected chi connectivity index (χ1v) is 5.23. The Hall–Kier alpha value is -0.910. The second-order valence-corrected chi connectivity index (χ2v) is 4.20. The molecule has 1 unspecified atom stereocenters. The van der Waals surface area contributed by atoms with E-state index in [4.69, 9.17) is 9.84 Å². The molecule has 5 heteroatoms. The topological polar surface area (TPSA) is 58.6 Å². The molecule has 4 nitrogen and oxygen atoms in total. The van der Waals surface area contributed by atoms with Crippen molar-refractivity contribution in [2.45, 2.75) is 6.04 Å². The Morgan fingerprint density at radius 2 is 2.50 bits per heavy atom. The van der Waals surface area contributed by atoms with Gasteiger partial charge in [0, 0.05) is 11.4 Å². The van der Waals surface area contributed by atoms with Gasteiger partial charge in [-0.2, -0.15) is 0 Å². The van der Waals surface area contributed by atoms with E-state index in [1.54, 1.807) is 6.07 Å². The van der Waals surface area contributed by atoms with Gasteiger partial charge < -0.3 is 15.2 Å². The van der Waals surface area contributed by atoms with Crippen molar-refractivity contribution in [1.29, 1.82) is 0 Å². The van der Waals surface area contributed by atoms with Crippen LogP contribution in [0.2, 0.25) is 0 Å². The van der Waals surface area contributed by atoms with Gasteiger partial charge in [-0.15, -0.1) is 11.3 Å². The Morgan fingerprint density at radius 1 is 1.64 bits per heavy atom. The minimum absolute atomic E-state index is 0.154. The maximum absolute atomic E-state index is 10.7. The zero-order chi connectivity index (χ0) is 9.97. The van der Waals surface area contributed by atoms with Gasteiger partial charge in [-0.05, 0) is 12.1 Å². The summed E-state index contributed by atoms with van der Waals surface area (Å²) in [5.74, 6) is -0.863. The summed E-state index contributed by atoms with van der Waals surface area (Å²) in [5.41, 5.74) is 0. The van der Waals surface area contributed by atoms with Gasteiger partial charge in [0.05, 0.1) is 19.3 Å². The van der Waals surface area contributed by atoms with Crippen LogP contribution in [0.3, 0.4) is 0 Å². The van der Waals surface area contributed by atoms with E-state index in [1.165, 1.54) is 11.3 Å². The first kappa shape index (κ1) is 9.64. The van der Waals surface area contributed by atoms with Crippen LogP contribution in [0.1, 0.15) is 20.6 Å². The lowest BCUT2D eigenvalue weighted by Crippen LogP contribution is -2.33. The van der Waals surface area contributed by atoms with E-state index < -0.39 is 5.97 Å². The Kier molecular flexibility index (Phi) is 2.81. The van der Waals surface area contributed by atoms with E-state index in [9.17, 15) is 4.79 Å². The molecule has 0 aliphatic carbocycles. The number of carboxylic acid groups (broad SMARTS) is 1. The van der Waals surface area contributed by atoms with Gasteiger partial charge >= 0.3 is 5.97 Å². The Morgan fingerprint density at radius 3 is 3.07 bits per heavy atom. The molecule has 0 saturated carbocycles. The molecule has 2 heterocycles. The largest absolute Gasteiger partial charge is 0.477 e. The molecular weight excluding hydrogens is 202 g/mol. The molecule has 0 aromatic carbocycles. The highest BCUT2D eigenvalue weighted by Crippen LogP contribution is 2.24. The first-order valence-electron chi connectivity index (χ1n) is 4.41. The molecule has 1 saturated heterocycles. The lowest BCUT2D eigenvalue weighted by atomic mass is 10.2. The summed E-state index contributed by atoms with van der Waals surface area (Å²) in [7, 11) is 0. The summed E-state index contributed by atoms with van der Waals surface area (Å²) in [6.07, 6.45) is 0. The predicted molar refractivity (Wildman–Crippen MR) is 52.8 cm³/mol. The molecule has 0 radical (unpaired) electrons. The molecule has 1 fully saturated rings. The molecule has 0 bridgehead atoms. The SMILES string of the molecule is O=C(O)c1ccc(C2COCCN2)s1. The summed E-state index contributed by atoms with van der Waals surface area (Å²) in [6, 6.07) is 3.64. The van der Waals surface area contributed by atoms with E-state index in [2.05, 4.69) is 5.32 Å². The number of thiophene rings is 1. The third-order valence-corrected chi connectivity index (χ3v) is 3.29. The third kappa shape index (κ3) is 1.95. The molecule has 14 heavy (non-hydrogen) atoms. The third-order valence-electron chi connectivity index (χ3n) is 2.10. The lowest BCUT2D eigenvalue weighted by molar-refractivity contribution is 0.0702. The van der Waals surface area contributed by atoms with Crippen LogP contribution in [0.5, 0.6) is 0 Å². The minimum atomic E-state index is -0.863. The molecule has 2 rings (SSSR count). The van der Waals surface area contributed by atoms with Crippen molar-refractivity contribution in [2.75, 3.05) is 19.8 Å². The highest BCUT2D eigenvalue weighted by Gasteiger charge is 2.18. The number of carbonyl (C=O) groups is 1. The van der Waals surface area contributed by atoms with Gasteiger partial charge in [-0.1, -0.05) is 0 Å². The summed E-state index contributed by atoms with van der Waals surface area (Å²) in [6.45, 7) is 2.18. The maximum Gasteiger partial charge on any atom is 0.345 e. The zero-order valence-electron chi connectivity index (χ0n) is 7.53. The Bertz CT molecular complexity index is 331. The number of nitrogens with one attached hydrogen (secondary N) is 1. The van der Waals surface area contributed by atoms with Crippen molar-refractivity contribution in [1.82, 2.24) is 5.32 Å². The molecule has 2 N–H and O–H groups in total. The van der Waals surface area contributed by atoms with Gasteiger partial charge in [0.1, 0.15) is 4.88 Å². The number of hydrogen-bond donors (Lipinski definition) is 2. The monoisotopic (exact) mass is 213 g/mol. The normalized spacial score (nSPS) is 22.1. The van der Waals surface area contributed by atoms with Gasteiger partial charge in [0.25, 0.3) is 0 Å². The molecule has 1 aliphatic heterocycles. The number of ether oxygens (including phenoxy) is 1. The number of hydrogen-bond acceptors (Lipinski definition) is 4. The van der Waals surface area contributed by atoms with Gasteiger partial charge in [0.15, 0.2) is 0 Å². The van der Waals surface area contributed by atoms with Crippen LogP contribution in [0.25, 0.3) is 0 Å². The molecule has 0 spiro atoms. The van der Waals surface area contributed by atoms with E-state index >= 15 is 0 Å². The van der Waals surface area contributed by atoms with Crippen LogP contribution in [0.4, 0.5) is 0 Å².